The van der Waals surface area contributed by atoms with Gasteiger partial charge in [-0.05, 0) is 57.7 Å². The van der Waals surface area contributed by atoms with Gasteiger partial charge in [-0.2, -0.15) is 4.73 Å². The first-order valence-corrected chi connectivity index (χ1v) is 11.9. The molecule has 2 N–H and O–H groups in total. The third kappa shape index (κ3) is 4.07. The molecule has 1 aromatic heterocycles. The van der Waals surface area contributed by atoms with Crippen LogP contribution in [-0.4, -0.2) is 40.2 Å². The average molecular weight is 431 g/mol. The maximum absolute atomic E-state index is 12.1. The number of aromatic nitrogens is 3. The summed E-state index contributed by atoms with van der Waals surface area (Å²) in [5.41, 5.74) is 3.14. The van der Waals surface area contributed by atoms with Crippen LogP contribution in [0.5, 0.6) is 5.88 Å². The predicted molar refractivity (Wildman–Crippen MR) is 115 cm³/mol. The number of sulfonamides is 1. The molecule has 9 heteroatoms. The van der Waals surface area contributed by atoms with Crippen LogP contribution in [0.3, 0.4) is 0 Å². The molecular weight excluding hydrogens is 404 g/mol. The van der Waals surface area contributed by atoms with Crippen molar-refractivity contribution in [2.45, 2.75) is 52.1 Å². The zero-order valence-corrected chi connectivity index (χ0v) is 17.9. The molecule has 0 atom stereocenters. The second kappa shape index (κ2) is 8.14. The number of rotatable bonds is 6. The average Bonchev–Trinajstić information content (AvgIpc) is 3.23. The molecule has 1 saturated carbocycles. The maximum Gasteiger partial charge on any atom is 0.232 e. The van der Waals surface area contributed by atoms with Gasteiger partial charge in [-0.3, -0.25) is 4.72 Å². The van der Waals surface area contributed by atoms with Crippen molar-refractivity contribution in [3.63, 3.8) is 0 Å². The highest BCUT2D eigenvalue weighted by molar-refractivity contribution is 7.92. The second-order valence-corrected chi connectivity index (χ2v) is 9.66. The number of nitrogens with one attached hydrogen (secondary N) is 1. The van der Waals surface area contributed by atoms with Gasteiger partial charge in [-0.15, -0.1) is 0 Å². The van der Waals surface area contributed by atoms with Crippen molar-refractivity contribution in [3.05, 3.63) is 36.3 Å². The van der Waals surface area contributed by atoms with Crippen LogP contribution < -0.4 is 9.46 Å². The number of aryl methyl sites for hydroxylation is 1. The number of nitrogens with zero attached hydrogens (tertiary/aromatic N) is 3. The van der Waals surface area contributed by atoms with E-state index in [9.17, 15) is 13.6 Å². The van der Waals surface area contributed by atoms with E-state index < -0.39 is 10.0 Å². The van der Waals surface area contributed by atoms with Gasteiger partial charge in [-0.25, -0.2) is 18.4 Å². The summed E-state index contributed by atoms with van der Waals surface area (Å²) >= 11 is 0. The van der Waals surface area contributed by atoms with Crippen LogP contribution in [0.15, 0.2) is 30.6 Å². The number of anilines is 1. The molecule has 1 aromatic rings. The molecule has 3 heterocycles. The van der Waals surface area contributed by atoms with Gasteiger partial charge in [0.25, 0.3) is 0 Å². The minimum absolute atomic E-state index is 0.0331. The number of ether oxygens (including phenoxy) is 1. The summed E-state index contributed by atoms with van der Waals surface area (Å²) in [6.07, 6.45) is 8.61. The molecule has 3 aliphatic rings. The fraction of sp³-hybridized carbons (Fsp3) is 0.429. The lowest BCUT2D eigenvalue weighted by Gasteiger charge is -2.24. The Hall–Kier alpha value is -2.81. The van der Waals surface area contributed by atoms with Crippen LogP contribution in [0, 0.1) is 6.92 Å². The monoisotopic (exact) mass is 430 g/mol. The second-order valence-electron chi connectivity index (χ2n) is 7.65. The van der Waals surface area contributed by atoms with Gasteiger partial charge >= 0.3 is 0 Å². The van der Waals surface area contributed by atoms with Crippen molar-refractivity contribution in [3.8, 4) is 28.4 Å². The molecule has 30 heavy (non-hydrogen) atoms. The zero-order valence-electron chi connectivity index (χ0n) is 17.1. The summed E-state index contributed by atoms with van der Waals surface area (Å²) in [6.45, 7) is 3.35. The molecule has 0 bridgehead atoms. The largest absolute Gasteiger partial charge is 0.474 e. The van der Waals surface area contributed by atoms with E-state index in [2.05, 4.69) is 14.7 Å². The molecule has 1 fully saturated rings. The molecular formula is C21H26N4O4S. The molecule has 0 amide bonds. The van der Waals surface area contributed by atoms with E-state index in [0.717, 1.165) is 41.5 Å². The fourth-order valence-corrected chi connectivity index (χ4v) is 4.45. The fourth-order valence-electron chi connectivity index (χ4n) is 3.83. The van der Waals surface area contributed by atoms with Gasteiger partial charge in [-0.1, -0.05) is 6.42 Å². The Morgan fingerprint density at radius 1 is 1.17 bits per heavy atom. The Bertz CT molecular complexity index is 1120. The highest BCUT2D eigenvalue weighted by Crippen LogP contribution is 2.40. The Labute approximate surface area is 176 Å². The smallest absolute Gasteiger partial charge is 0.232 e. The summed E-state index contributed by atoms with van der Waals surface area (Å²) in [4.78, 5) is 8.72. The van der Waals surface area contributed by atoms with Crippen LogP contribution in [0.4, 0.5) is 5.69 Å². The Morgan fingerprint density at radius 3 is 2.67 bits per heavy atom. The molecule has 0 aromatic carbocycles. The molecule has 2 aliphatic heterocycles. The van der Waals surface area contributed by atoms with Crippen molar-refractivity contribution in [1.29, 1.82) is 0 Å². The van der Waals surface area contributed by atoms with Gasteiger partial charge in [0.15, 0.2) is 5.82 Å². The minimum Gasteiger partial charge on any atom is -0.474 e. The molecule has 160 valence electrons. The molecule has 0 radical (unpaired) electrons. The normalized spacial score (nSPS) is 15.4. The van der Waals surface area contributed by atoms with Crippen molar-refractivity contribution in [2.75, 3.05) is 10.5 Å². The Kier molecular flexibility index (Phi) is 5.55. The standard InChI is InChI=1S/C21H26N4O4S/c1-3-30(27,28)24-15-12-19(21(23-13-15)29-16-7-5-4-6-8-16)18-11-14(2)25(26)20-17(18)9-10-22-20/h9-13,16,24,26H,3-8H2,1-2H3. The summed E-state index contributed by atoms with van der Waals surface area (Å²) in [5, 5.41) is 10.3. The Morgan fingerprint density at radius 2 is 1.93 bits per heavy atom. The molecule has 1 aliphatic carbocycles. The number of hydrogen-bond acceptors (Lipinski definition) is 6. The van der Waals surface area contributed by atoms with Crippen LogP contribution >= 0.6 is 0 Å². The first kappa shape index (κ1) is 20.5. The highest BCUT2D eigenvalue weighted by Gasteiger charge is 2.23. The summed E-state index contributed by atoms with van der Waals surface area (Å²) < 4.78 is 34.0. The number of fused-ring (bicyclic) bond motifs is 1. The highest BCUT2D eigenvalue weighted by atomic mass is 32.2. The first-order chi connectivity index (χ1) is 14.4. The topological polar surface area (TPSA) is 106 Å². The van der Waals surface area contributed by atoms with E-state index in [-0.39, 0.29) is 11.9 Å². The third-order valence-corrected chi connectivity index (χ3v) is 6.79. The van der Waals surface area contributed by atoms with Crippen molar-refractivity contribution in [1.82, 2.24) is 14.7 Å². The lowest BCUT2D eigenvalue weighted by Crippen LogP contribution is -2.21. The van der Waals surface area contributed by atoms with E-state index in [4.69, 9.17) is 4.74 Å². The van der Waals surface area contributed by atoms with E-state index in [1.165, 1.54) is 12.6 Å². The molecule has 4 rings (SSSR count). The lowest BCUT2D eigenvalue weighted by atomic mass is 9.97. The maximum atomic E-state index is 12.1. The number of hydrogen-bond donors (Lipinski definition) is 2. The van der Waals surface area contributed by atoms with Crippen LogP contribution in [0.1, 0.15) is 44.7 Å². The summed E-state index contributed by atoms with van der Waals surface area (Å²) in [7, 11) is -3.45. The van der Waals surface area contributed by atoms with Crippen LogP contribution in [-0.2, 0) is 10.0 Å². The summed E-state index contributed by atoms with van der Waals surface area (Å²) in [5.74, 6) is 0.848. The summed E-state index contributed by atoms with van der Waals surface area (Å²) in [6, 6.07) is 5.37. The van der Waals surface area contributed by atoms with Gasteiger partial charge in [0, 0.05) is 22.9 Å². The Balaban J connectivity index is 1.82. The first-order valence-electron chi connectivity index (χ1n) is 10.2. The van der Waals surface area contributed by atoms with Crippen molar-refractivity contribution >= 4 is 15.7 Å². The van der Waals surface area contributed by atoms with Gasteiger partial charge in [0.05, 0.1) is 23.3 Å². The SMILES string of the molecule is CCS(=O)(=O)Nc1cnc(OC2CCCCC2)c(-c2cc(C)n(O)c3nccc2-3)c1. The van der Waals surface area contributed by atoms with Crippen molar-refractivity contribution in [2.24, 2.45) is 0 Å². The van der Waals surface area contributed by atoms with Crippen molar-refractivity contribution < 1.29 is 18.4 Å². The van der Waals surface area contributed by atoms with E-state index in [1.807, 2.05) is 12.1 Å². The van der Waals surface area contributed by atoms with Gasteiger partial charge < -0.3 is 9.94 Å². The van der Waals surface area contributed by atoms with Crippen LogP contribution in [0.25, 0.3) is 22.5 Å². The quantitative estimate of drug-likeness (QED) is 0.571. The zero-order chi connectivity index (χ0) is 21.3. The van der Waals surface area contributed by atoms with Crippen LogP contribution in [0.2, 0.25) is 0 Å². The van der Waals surface area contributed by atoms with Gasteiger partial charge in [0.2, 0.25) is 15.9 Å². The molecule has 0 saturated heterocycles. The van der Waals surface area contributed by atoms with E-state index >= 15 is 0 Å². The minimum atomic E-state index is -3.45. The predicted octanol–water partition coefficient (Wildman–Crippen LogP) is 4.07. The number of pyridine rings is 2. The molecule has 0 unspecified atom stereocenters. The third-order valence-electron chi connectivity index (χ3n) is 5.48. The van der Waals surface area contributed by atoms with E-state index in [1.54, 1.807) is 26.1 Å². The molecule has 8 nitrogen and oxygen atoms in total. The van der Waals surface area contributed by atoms with E-state index in [0.29, 0.717) is 28.6 Å². The lowest BCUT2D eigenvalue weighted by molar-refractivity contribution is 0.149. The molecule has 0 spiro atoms. The van der Waals surface area contributed by atoms with Gasteiger partial charge in [0.1, 0.15) is 6.10 Å².